The highest BCUT2D eigenvalue weighted by Crippen LogP contribution is 2.14. The van der Waals surface area contributed by atoms with Gasteiger partial charge in [-0.15, -0.1) is 0 Å². The molecule has 2 aromatic rings. The fraction of sp³-hybridized carbons (Fsp3) is 0.200. The summed E-state index contributed by atoms with van der Waals surface area (Å²) in [4.78, 5) is 4.17. The minimum absolute atomic E-state index is 0.518. The number of ether oxygens (including phenoxy) is 1. The maximum absolute atomic E-state index is 9.07. The third kappa shape index (κ3) is 3.46. The quantitative estimate of drug-likeness (QED) is 0.832. The zero-order chi connectivity index (χ0) is 13.5. The number of nitriles is 1. The van der Waals surface area contributed by atoms with Crippen molar-refractivity contribution in [1.29, 1.82) is 5.26 Å². The fourth-order valence-electron chi connectivity index (χ4n) is 1.69. The monoisotopic (exact) mass is 253 g/mol. The van der Waals surface area contributed by atoms with Gasteiger partial charge in [0.25, 0.3) is 0 Å². The number of hydrogen-bond donors (Lipinski definition) is 1. The number of nitrogens with zero attached hydrogens (tertiary/aromatic N) is 2. The third-order valence-corrected chi connectivity index (χ3v) is 2.68. The number of nitrogens with one attached hydrogen (secondary N) is 1. The lowest BCUT2D eigenvalue weighted by molar-refractivity contribution is 0.333. The van der Waals surface area contributed by atoms with Gasteiger partial charge in [0.15, 0.2) is 0 Å². The number of aryl methyl sites for hydroxylation is 1. The SMILES string of the molecule is Cc1ccnc(NCCOc2ccccc2)c1C#N. The number of benzene rings is 1. The van der Waals surface area contributed by atoms with Crippen LogP contribution in [0, 0.1) is 18.3 Å². The smallest absolute Gasteiger partial charge is 0.144 e. The molecule has 0 saturated heterocycles. The molecule has 0 aliphatic rings. The Labute approximate surface area is 112 Å². The maximum atomic E-state index is 9.07. The summed E-state index contributed by atoms with van der Waals surface area (Å²) >= 11 is 0. The summed E-state index contributed by atoms with van der Waals surface area (Å²) in [5, 5.41) is 12.2. The van der Waals surface area contributed by atoms with Gasteiger partial charge in [0, 0.05) is 6.20 Å². The molecule has 0 atom stereocenters. The lowest BCUT2D eigenvalue weighted by Gasteiger charge is -2.09. The Morgan fingerprint density at radius 3 is 2.79 bits per heavy atom. The summed E-state index contributed by atoms with van der Waals surface area (Å²) in [6.45, 7) is 3.01. The van der Waals surface area contributed by atoms with Crippen molar-refractivity contribution in [3.63, 3.8) is 0 Å². The van der Waals surface area contributed by atoms with Crippen LogP contribution in [0.15, 0.2) is 42.6 Å². The molecule has 0 aliphatic carbocycles. The Morgan fingerprint density at radius 1 is 1.26 bits per heavy atom. The number of aromatic nitrogens is 1. The van der Waals surface area contributed by atoms with E-state index in [2.05, 4.69) is 16.4 Å². The number of anilines is 1. The van der Waals surface area contributed by atoms with Gasteiger partial charge in [0.2, 0.25) is 0 Å². The van der Waals surface area contributed by atoms with Gasteiger partial charge in [-0.25, -0.2) is 4.98 Å². The van der Waals surface area contributed by atoms with Crippen LogP contribution in [0.2, 0.25) is 0 Å². The predicted molar refractivity (Wildman–Crippen MR) is 74.1 cm³/mol. The number of hydrogen-bond acceptors (Lipinski definition) is 4. The Kier molecular flexibility index (Phi) is 4.35. The van der Waals surface area contributed by atoms with Crippen LogP contribution < -0.4 is 10.1 Å². The first kappa shape index (κ1) is 12.9. The zero-order valence-corrected chi connectivity index (χ0v) is 10.8. The second kappa shape index (κ2) is 6.41. The summed E-state index contributed by atoms with van der Waals surface area (Å²) in [6, 6.07) is 13.6. The first-order valence-corrected chi connectivity index (χ1v) is 6.08. The Balaban J connectivity index is 1.87. The summed E-state index contributed by atoms with van der Waals surface area (Å²) in [5.41, 5.74) is 1.51. The normalized spacial score (nSPS) is 9.68. The molecule has 4 nitrogen and oxygen atoms in total. The van der Waals surface area contributed by atoms with Crippen LogP contribution in [-0.2, 0) is 0 Å². The largest absolute Gasteiger partial charge is 0.492 e. The molecular formula is C15H15N3O. The number of rotatable bonds is 5. The van der Waals surface area contributed by atoms with Crippen molar-refractivity contribution >= 4 is 5.82 Å². The molecule has 0 radical (unpaired) electrons. The molecule has 19 heavy (non-hydrogen) atoms. The van der Waals surface area contributed by atoms with Crippen LogP contribution in [0.5, 0.6) is 5.75 Å². The zero-order valence-electron chi connectivity index (χ0n) is 10.8. The first-order valence-electron chi connectivity index (χ1n) is 6.08. The van der Waals surface area contributed by atoms with Gasteiger partial charge >= 0.3 is 0 Å². The second-order valence-corrected chi connectivity index (χ2v) is 4.05. The molecule has 1 N–H and O–H groups in total. The summed E-state index contributed by atoms with van der Waals surface area (Å²) < 4.78 is 5.56. The standard InChI is InChI=1S/C15H15N3O/c1-12-7-8-17-15(14(12)11-16)18-9-10-19-13-5-3-2-4-6-13/h2-8H,9-10H2,1H3,(H,17,18). The maximum Gasteiger partial charge on any atom is 0.144 e. The predicted octanol–water partition coefficient (Wildman–Crippen LogP) is 2.75. The molecule has 0 saturated carbocycles. The second-order valence-electron chi connectivity index (χ2n) is 4.05. The molecule has 0 unspecified atom stereocenters. The number of para-hydroxylation sites is 1. The van der Waals surface area contributed by atoms with Crippen LogP contribution in [0.4, 0.5) is 5.82 Å². The fourth-order valence-corrected chi connectivity index (χ4v) is 1.69. The van der Waals surface area contributed by atoms with Crippen molar-refractivity contribution in [2.24, 2.45) is 0 Å². The molecule has 0 aliphatic heterocycles. The average Bonchev–Trinajstić information content (AvgIpc) is 2.45. The minimum Gasteiger partial charge on any atom is -0.492 e. The van der Waals surface area contributed by atoms with Gasteiger partial charge < -0.3 is 10.1 Å². The van der Waals surface area contributed by atoms with Gasteiger partial charge in [-0.1, -0.05) is 18.2 Å². The molecule has 1 aromatic heterocycles. The van der Waals surface area contributed by atoms with Crippen molar-refractivity contribution in [2.75, 3.05) is 18.5 Å². The van der Waals surface area contributed by atoms with Gasteiger partial charge in [-0.05, 0) is 30.7 Å². The molecule has 0 fully saturated rings. The van der Waals surface area contributed by atoms with Gasteiger partial charge in [-0.3, -0.25) is 0 Å². The minimum atomic E-state index is 0.518. The van der Waals surface area contributed by atoms with Crippen LogP contribution >= 0.6 is 0 Å². The third-order valence-electron chi connectivity index (χ3n) is 2.68. The topological polar surface area (TPSA) is 57.9 Å². The molecule has 0 bridgehead atoms. The number of pyridine rings is 1. The lowest BCUT2D eigenvalue weighted by Crippen LogP contribution is -2.13. The van der Waals surface area contributed by atoms with Gasteiger partial charge in [0.1, 0.15) is 24.2 Å². The van der Waals surface area contributed by atoms with E-state index >= 15 is 0 Å². The Morgan fingerprint density at radius 2 is 2.05 bits per heavy atom. The molecule has 2 rings (SSSR count). The molecule has 1 heterocycles. The van der Waals surface area contributed by atoms with E-state index in [4.69, 9.17) is 10.00 Å². The molecule has 4 heteroatoms. The van der Waals surface area contributed by atoms with Crippen LogP contribution in [0.3, 0.4) is 0 Å². The first-order chi connectivity index (χ1) is 9.31. The Hall–Kier alpha value is -2.54. The van der Waals surface area contributed by atoms with Crippen LogP contribution in [-0.4, -0.2) is 18.1 Å². The van der Waals surface area contributed by atoms with E-state index in [1.807, 2.05) is 43.3 Å². The molecule has 1 aromatic carbocycles. The van der Waals surface area contributed by atoms with E-state index in [1.54, 1.807) is 6.20 Å². The molecule has 96 valence electrons. The van der Waals surface area contributed by atoms with E-state index in [1.165, 1.54) is 0 Å². The van der Waals surface area contributed by atoms with Crippen molar-refractivity contribution < 1.29 is 4.74 Å². The highest BCUT2D eigenvalue weighted by molar-refractivity contribution is 5.55. The van der Waals surface area contributed by atoms with E-state index in [-0.39, 0.29) is 0 Å². The van der Waals surface area contributed by atoms with E-state index in [0.29, 0.717) is 24.5 Å². The van der Waals surface area contributed by atoms with E-state index in [9.17, 15) is 0 Å². The van der Waals surface area contributed by atoms with Crippen LogP contribution in [0.1, 0.15) is 11.1 Å². The van der Waals surface area contributed by atoms with E-state index < -0.39 is 0 Å². The van der Waals surface area contributed by atoms with Crippen molar-refractivity contribution in [3.05, 3.63) is 53.7 Å². The summed E-state index contributed by atoms with van der Waals surface area (Å²) in [5.74, 6) is 1.45. The van der Waals surface area contributed by atoms with Crippen molar-refractivity contribution in [2.45, 2.75) is 6.92 Å². The molecular weight excluding hydrogens is 238 g/mol. The van der Waals surface area contributed by atoms with Crippen LogP contribution in [0.25, 0.3) is 0 Å². The highest BCUT2D eigenvalue weighted by atomic mass is 16.5. The highest BCUT2D eigenvalue weighted by Gasteiger charge is 2.05. The summed E-state index contributed by atoms with van der Waals surface area (Å²) in [6.07, 6.45) is 1.69. The summed E-state index contributed by atoms with van der Waals surface area (Å²) in [7, 11) is 0. The molecule has 0 spiro atoms. The van der Waals surface area contributed by atoms with E-state index in [0.717, 1.165) is 11.3 Å². The van der Waals surface area contributed by atoms with Crippen molar-refractivity contribution in [3.8, 4) is 11.8 Å². The Bertz CT molecular complexity index is 576. The lowest BCUT2D eigenvalue weighted by atomic mass is 10.1. The molecule has 0 amide bonds. The van der Waals surface area contributed by atoms with Gasteiger partial charge in [-0.2, -0.15) is 5.26 Å². The average molecular weight is 253 g/mol. The van der Waals surface area contributed by atoms with Crippen molar-refractivity contribution in [1.82, 2.24) is 4.98 Å². The van der Waals surface area contributed by atoms with Gasteiger partial charge in [0.05, 0.1) is 12.1 Å².